The van der Waals surface area contributed by atoms with E-state index < -0.39 is 0 Å². The number of rotatable bonds is 2. The number of aromatic nitrogens is 1. The zero-order chi connectivity index (χ0) is 14.1. The van der Waals surface area contributed by atoms with Crippen molar-refractivity contribution in [1.29, 1.82) is 0 Å². The minimum atomic E-state index is -0.331. The molecule has 1 saturated heterocycles. The maximum atomic E-state index is 11.7. The number of nitrogens with zero attached hydrogens (tertiary/aromatic N) is 2. The number of amides is 2. The molecule has 2 aromatic rings. The third-order valence-electron chi connectivity index (χ3n) is 3.27. The van der Waals surface area contributed by atoms with Gasteiger partial charge in [-0.25, -0.2) is 0 Å². The average molecular weight is 271 g/mol. The van der Waals surface area contributed by atoms with Crippen LogP contribution in [0.3, 0.4) is 0 Å². The number of fused-ring (bicyclic) bond motifs is 1. The zero-order valence-electron chi connectivity index (χ0n) is 10.7. The van der Waals surface area contributed by atoms with Crippen LogP contribution in [-0.2, 0) is 20.9 Å². The molecule has 102 valence electrons. The van der Waals surface area contributed by atoms with Gasteiger partial charge in [-0.15, -0.1) is 0 Å². The van der Waals surface area contributed by atoms with Crippen LogP contribution in [0.1, 0.15) is 5.56 Å². The van der Waals surface area contributed by atoms with Gasteiger partial charge in [0, 0.05) is 17.3 Å². The molecule has 20 heavy (non-hydrogen) atoms. The van der Waals surface area contributed by atoms with Crippen LogP contribution in [0.25, 0.3) is 10.9 Å². The summed E-state index contributed by atoms with van der Waals surface area (Å²) in [6.45, 7) is 0.0625. The molecule has 0 atom stereocenters. The van der Waals surface area contributed by atoms with Crippen LogP contribution in [0.2, 0.25) is 0 Å². The Hall–Kier alpha value is -2.47. The van der Waals surface area contributed by atoms with Crippen LogP contribution in [-0.4, -0.2) is 34.9 Å². The number of carbonyl (C=O) groups excluding carboxylic acids is 2. The first-order valence-corrected chi connectivity index (χ1v) is 6.20. The lowest BCUT2D eigenvalue weighted by Crippen LogP contribution is -2.45. The molecular weight excluding hydrogens is 258 g/mol. The Morgan fingerprint density at radius 1 is 1.20 bits per heavy atom. The molecule has 1 aromatic carbocycles. The van der Waals surface area contributed by atoms with Crippen LogP contribution in [0.15, 0.2) is 30.5 Å². The Kier molecular flexibility index (Phi) is 3.08. The van der Waals surface area contributed by atoms with Crippen LogP contribution in [0, 0.1) is 0 Å². The van der Waals surface area contributed by atoms with Crippen molar-refractivity contribution < 1.29 is 14.3 Å². The number of pyridine rings is 1. The Morgan fingerprint density at radius 3 is 2.70 bits per heavy atom. The van der Waals surface area contributed by atoms with E-state index in [1.54, 1.807) is 24.4 Å². The highest BCUT2D eigenvalue weighted by atomic mass is 16.5. The third kappa shape index (κ3) is 2.10. The second-order valence-electron chi connectivity index (χ2n) is 4.58. The van der Waals surface area contributed by atoms with E-state index >= 15 is 0 Å². The molecule has 3 rings (SSSR count). The summed E-state index contributed by atoms with van der Waals surface area (Å²) in [5.41, 5.74) is 8.03. The van der Waals surface area contributed by atoms with Gasteiger partial charge in [0.2, 0.25) is 0 Å². The molecule has 0 radical (unpaired) electrons. The maximum absolute atomic E-state index is 11.7. The summed E-state index contributed by atoms with van der Waals surface area (Å²) >= 11 is 0. The standard InChI is InChI=1S/C14H13N3O3/c15-11-4-3-9(14-10(11)2-1-5-16-14)6-17-12(18)7-20-8-13(17)19/h1-5H,6-8,15H2. The summed E-state index contributed by atoms with van der Waals surface area (Å²) in [5, 5.41) is 0.818. The van der Waals surface area contributed by atoms with Crippen molar-refractivity contribution in [2.45, 2.75) is 6.54 Å². The Labute approximate surface area is 115 Å². The summed E-state index contributed by atoms with van der Waals surface area (Å²) < 4.78 is 4.89. The quantitative estimate of drug-likeness (QED) is 0.642. The summed E-state index contributed by atoms with van der Waals surface area (Å²) in [7, 11) is 0. The van der Waals surface area contributed by atoms with Gasteiger partial charge >= 0.3 is 0 Å². The number of nitrogens with two attached hydrogens (primary N) is 1. The van der Waals surface area contributed by atoms with Gasteiger partial charge in [-0.1, -0.05) is 6.07 Å². The molecule has 2 amide bonds. The second kappa shape index (κ2) is 4.90. The van der Waals surface area contributed by atoms with E-state index in [1.807, 2.05) is 6.07 Å². The smallest absolute Gasteiger partial charge is 0.255 e. The normalized spacial score (nSPS) is 15.9. The number of morpholine rings is 1. The highest BCUT2D eigenvalue weighted by Gasteiger charge is 2.27. The molecule has 1 aliphatic heterocycles. The number of imide groups is 1. The Bertz CT molecular complexity index is 683. The molecule has 6 nitrogen and oxygen atoms in total. The number of nitrogen functional groups attached to an aromatic ring is 1. The van der Waals surface area contributed by atoms with Crippen LogP contribution in [0.4, 0.5) is 5.69 Å². The van der Waals surface area contributed by atoms with Gasteiger partial charge < -0.3 is 10.5 Å². The monoisotopic (exact) mass is 271 g/mol. The molecule has 6 heteroatoms. The number of hydrogen-bond acceptors (Lipinski definition) is 5. The van der Waals surface area contributed by atoms with E-state index in [0.29, 0.717) is 11.2 Å². The lowest BCUT2D eigenvalue weighted by Gasteiger charge is -2.25. The van der Waals surface area contributed by atoms with Crippen LogP contribution < -0.4 is 5.73 Å². The lowest BCUT2D eigenvalue weighted by molar-refractivity contribution is -0.159. The van der Waals surface area contributed by atoms with Crippen molar-refractivity contribution >= 4 is 28.4 Å². The van der Waals surface area contributed by atoms with Crippen molar-refractivity contribution in [3.05, 3.63) is 36.0 Å². The van der Waals surface area contributed by atoms with Crippen molar-refractivity contribution in [1.82, 2.24) is 9.88 Å². The number of ether oxygens (including phenoxy) is 1. The van der Waals surface area contributed by atoms with Gasteiger partial charge in [0.05, 0.1) is 12.1 Å². The highest BCUT2D eigenvalue weighted by Crippen LogP contribution is 2.24. The highest BCUT2D eigenvalue weighted by molar-refractivity contribution is 5.99. The van der Waals surface area contributed by atoms with Gasteiger partial charge in [0.1, 0.15) is 13.2 Å². The first kappa shape index (κ1) is 12.6. The summed E-state index contributed by atoms with van der Waals surface area (Å²) in [4.78, 5) is 29.0. The topological polar surface area (TPSA) is 85.5 Å². The largest absolute Gasteiger partial charge is 0.398 e. The molecule has 0 unspecified atom stereocenters. The fourth-order valence-corrected chi connectivity index (χ4v) is 2.25. The second-order valence-corrected chi connectivity index (χ2v) is 4.58. The molecule has 2 heterocycles. The molecule has 0 aliphatic carbocycles. The Balaban J connectivity index is 2.01. The summed E-state index contributed by atoms with van der Waals surface area (Å²) in [5.74, 6) is -0.663. The van der Waals surface area contributed by atoms with E-state index in [1.165, 1.54) is 4.90 Å². The molecule has 1 aliphatic rings. The molecular formula is C14H13N3O3. The SMILES string of the molecule is Nc1ccc(CN2C(=O)COCC2=O)c2ncccc12. The lowest BCUT2D eigenvalue weighted by atomic mass is 10.1. The van der Waals surface area contributed by atoms with Gasteiger partial charge in [-0.2, -0.15) is 0 Å². The van der Waals surface area contributed by atoms with Crippen molar-refractivity contribution in [3.8, 4) is 0 Å². The first-order valence-electron chi connectivity index (χ1n) is 6.20. The molecule has 1 aromatic heterocycles. The molecule has 0 saturated carbocycles. The van der Waals surface area contributed by atoms with Crippen LogP contribution in [0.5, 0.6) is 0 Å². The van der Waals surface area contributed by atoms with Gasteiger partial charge in [0.25, 0.3) is 11.8 Å². The van der Waals surface area contributed by atoms with E-state index in [2.05, 4.69) is 4.98 Å². The van der Waals surface area contributed by atoms with E-state index in [9.17, 15) is 9.59 Å². The molecule has 0 spiro atoms. The zero-order valence-corrected chi connectivity index (χ0v) is 10.7. The van der Waals surface area contributed by atoms with E-state index in [4.69, 9.17) is 10.5 Å². The van der Waals surface area contributed by atoms with Gasteiger partial charge in [-0.05, 0) is 23.8 Å². The number of hydrogen-bond donors (Lipinski definition) is 1. The van der Waals surface area contributed by atoms with Crippen molar-refractivity contribution in [2.75, 3.05) is 18.9 Å². The van der Waals surface area contributed by atoms with E-state index in [-0.39, 0.29) is 31.6 Å². The number of anilines is 1. The van der Waals surface area contributed by atoms with Crippen LogP contribution >= 0.6 is 0 Å². The average Bonchev–Trinajstić information content (AvgIpc) is 2.46. The minimum absolute atomic E-state index is 0.0634. The molecule has 0 bridgehead atoms. The fourth-order valence-electron chi connectivity index (χ4n) is 2.25. The van der Waals surface area contributed by atoms with E-state index in [0.717, 1.165) is 10.9 Å². The van der Waals surface area contributed by atoms with Crippen molar-refractivity contribution in [2.24, 2.45) is 0 Å². The van der Waals surface area contributed by atoms with Gasteiger partial charge in [0.15, 0.2) is 0 Å². The Morgan fingerprint density at radius 2 is 1.95 bits per heavy atom. The molecule has 1 fully saturated rings. The maximum Gasteiger partial charge on any atom is 0.255 e. The predicted molar refractivity (Wildman–Crippen MR) is 72.5 cm³/mol. The first-order chi connectivity index (χ1) is 9.66. The van der Waals surface area contributed by atoms with Crippen molar-refractivity contribution in [3.63, 3.8) is 0 Å². The third-order valence-corrected chi connectivity index (χ3v) is 3.27. The summed E-state index contributed by atoms with van der Waals surface area (Å²) in [6.07, 6.45) is 1.66. The van der Waals surface area contributed by atoms with Gasteiger partial charge in [-0.3, -0.25) is 19.5 Å². The number of benzene rings is 1. The summed E-state index contributed by atoms with van der Waals surface area (Å²) in [6, 6.07) is 7.22. The fraction of sp³-hybridized carbons (Fsp3) is 0.214. The predicted octanol–water partition coefficient (Wildman–Crippen LogP) is 0.702. The minimum Gasteiger partial charge on any atom is -0.398 e. The molecule has 2 N–H and O–H groups in total. The number of carbonyl (C=O) groups is 2.